The number of hydrogen-bond donors (Lipinski definition) is 3. The summed E-state index contributed by atoms with van der Waals surface area (Å²) < 4.78 is 31.3. The predicted octanol–water partition coefficient (Wildman–Crippen LogP) is 1.49. The van der Waals surface area contributed by atoms with Gasteiger partial charge in [0.25, 0.3) is 10.1 Å². The average Bonchev–Trinajstić information content (AvgIpc) is 2.25. The minimum atomic E-state index is -4.44. The van der Waals surface area contributed by atoms with Crippen LogP contribution in [0.3, 0.4) is 0 Å². The summed E-state index contributed by atoms with van der Waals surface area (Å²) >= 11 is 0. The summed E-state index contributed by atoms with van der Waals surface area (Å²) in [5, 5.41) is 18.7. The molecule has 0 heterocycles. The topological polar surface area (TPSA) is 112 Å². The SMILES string of the molecule is O=C(O)c1cc2cccc(S(=O)(=O)O)c2cc1O. The van der Waals surface area contributed by atoms with Gasteiger partial charge in [0.1, 0.15) is 16.2 Å². The van der Waals surface area contributed by atoms with Crippen LogP contribution in [-0.4, -0.2) is 29.2 Å². The number of aromatic hydroxyl groups is 1. The van der Waals surface area contributed by atoms with E-state index >= 15 is 0 Å². The minimum absolute atomic E-state index is 0.0579. The monoisotopic (exact) mass is 268 g/mol. The van der Waals surface area contributed by atoms with Crippen LogP contribution in [0.1, 0.15) is 10.4 Å². The number of carboxylic acids is 1. The molecule has 0 aliphatic rings. The van der Waals surface area contributed by atoms with Crippen molar-refractivity contribution in [2.75, 3.05) is 0 Å². The van der Waals surface area contributed by atoms with Gasteiger partial charge in [0.2, 0.25) is 0 Å². The van der Waals surface area contributed by atoms with Crippen molar-refractivity contribution in [3.63, 3.8) is 0 Å². The van der Waals surface area contributed by atoms with E-state index in [9.17, 15) is 18.3 Å². The van der Waals surface area contributed by atoms with Crippen molar-refractivity contribution >= 4 is 26.9 Å². The van der Waals surface area contributed by atoms with Crippen LogP contribution in [0.2, 0.25) is 0 Å². The van der Waals surface area contributed by atoms with Crippen molar-refractivity contribution in [3.05, 3.63) is 35.9 Å². The highest BCUT2D eigenvalue weighted by molar-refractivity contribution is 7.86. The van der Waals surface area contributed by atoms with Crippen LogP contribution in [-0.2, 0) is 10.1 Å². The molecular weight excluding hydrogens is 260 g/mol. The number of fused-ring (bicyclic) bond motifs is 1. The number of aromatic carboxylic acids is 1. The maximum Gasteiger partial charge on any atom is 0.339 e. The van der Waals surface area contributed by atoms with Crippen LogP contribution in [0.15, 0.2) is 35.2 Å². The molecule has 94 valence electrons. The Kier molecular flexibility index (Phi) is 2.72. The zero-order valence-electron chi connectivity index (χ0n) is 8.86. The molecule has 0 aliphatic heterocycles. The van der Waals surface area contributed by atoms with Gasteiger partial charge >= 0.3 is 5.97 Å². The molecule has 0 atom stereocenters. The van der Waals surface area contributed by atoms with Crippen LogP contribution in [0, 0.1) is 0 Å². The summed E-state index contributed by atoms with van der Waals surface area (Å²) in [6.07, 6.45) is 0. The third-order valence-corrected chi connectivity index (χ3v) is 3.38. The lowest BCUT2D eigenvalue weighted by Gasteiger charge is -2.06. The Morgan fingerprint density at radius 2 is 1.83 bits per heavy atom. The Labute approximate surface area is 102 Å². The molecule has 0 unspecified atom stereocenters. The van der Waals surface area contributed by atoms with Crippen LogP contribution < -0.4 is 0 Å². The number of rotatable bonds is 2. The highest BCUT2D eigenvalue weighted by Crippen LogP contribution is 2.29. The minimum Gasteiger partial charge on any atom is -0.507 e. The van der Waals surface area contributed by atoms with Crippen LogP contribution in [0.5, 0.6) is 5.75 Å². The van der Waals surface area contributed by atoms with Crippen molar-refractivity contribution in [3.8, 4) is 5.75 Å². The molecule has 18 heavy (non-hydrogen) atoms. The third-order valence-electron chi connectivity index (χ3n) is 2.47. The second-order valence-electron chi connectivity index (χ2n) is 3.63. The lowest BCUT2D eigenvalue weighted by molar-refractivity contribution is 0.0694. The largest absolute Gasteiger partial charge is 0.507 e. The highest BCUT2D eigenvalue weighted by atomic mass is 32.2. The third kappa shape index (κ3) is 2.01. The van der Waals surface area contributed by atoms with E-state index in [0.717, 1.165) is 18.2 Å². The number of benzene rings is 2. The molecule has 0 saturated carbocycles. The zero-order valence-corrected chi connectivity index (χ0v) is 9.68. The molecule has 0 amide bonds. The van der Waals surface area contributed by atoms with Crippen LogP contribution in [0.25, 0.3) is 10.8 Å². The van der Waals surface area contributed by atoms with E-state index in [0.29, 0.717) is 5.39 Å². The summed E-state index contributed by atoms with van der Waals surface area (Å²) in [6, 6.07) is 6.16. The second-order valence-corrected chi connectivity index (χ2v) is 5.02. The first-order valence-corrected chi connectivity index (χ1v) is 6.21. The van der Waals surface area contributed by atoms with E-state index in [1.807, 2.05) is 0 Å². The van der Waals surface area contributed by atoms with Gasteiger partial charge in [-0.2, -0.15) is 8.42 Å². The predicted molar refractivity (Wildman–Crippen MR) is 62.4 cm³/mol. The van der Waals surface area contributed by atoms with Gasteiger partial charge < -0.3 is 10.2 Å². The van der Waals surface area contributed by atoms with Gasteiger partial charge in [0.15, 0.2) is 0 Å². The first-order valence-electron chi connectivity index (χ1n) is 4.77. The Morgan fingerprint density at radius 3 is 2.39 bits per heavy atom. The van der Waals surface area contributed by atoms with Gasteiger partial charge in [-0.15, -0.1) is 0 Å². The Morgan fingerprint density at radius 1 is 1.17 bits per heavy atom. The number of phenols is 1. The average molecular weight is 268 g/mol. The molecule has 0 fully saturated rings. The summed E-state index contributed by atoms with van der Waals surface area (Å²) in [5.74, 6) is -1.89. The fourth-order valence-corrected chi connectivity index (χ4v) is 2.39. The number of carboxylic acid groups (broad SMARTS) is 1. The smallest absolute Gasteiger partial charge is 0.339 e. The second kappa shape index (κ2) is 3.97. The summed E-state index contributed by atoms with van der Waals surface area (Å²) in [6.45, 7) is 0. The molecule has 7 heteroatoms. The van der Waals surface area contributed by atoms with Gasteiger partial charge in [-0.25, -0.2) is 4.79 Å². The van der Waals surface area contributed by atoms with E-state index in [4.69, 9.17) is 9.66 Å². The van der Waals surface area contributed by atoms with Crippen molar-refractivity contribution in [2.45, 2.75) is 4.90 Å². The fourth-order valence-electron chi connectivity index (χ4n) is 1.68. The van der Waals surface area contributed by atoms with Crippen molar-refractivity contribution in [2.24, 2.45) is 0 Å². The summed E-state index contributed by atoms with van der Waals surface area (Å²) in [4.78, 5) is 10.4. The van der Waals surface area contributed by atoms with Gasteiger partial charge in [-0.05, 0) is 23.6 Å². The molecule has 0 aliphatic carbocycles. The molecule has 3 N–H and O–H groups in total. The van der Waals surface area contributed by atoms with E-state index in [1.165, 1.54) is 12.1 Å². The first-order chi connectivity index (χ1) is 8.30. The molecular formula is C11H8O6S. The molecule has 2 aromatic rings. The molecule has 0 bridgehead atoms. The molecule has 2 aromatic carbocycles. The molecule has 6 nitrogen and oxygen atoms in total. The van der Waals surface area contributed by atoms with Crippen molar-refractivity contribution < 1.29 is 28.0 Å². The molecule has 2 rings (SSSR count). The lowest BCUT2D eigenvalue weighted by Crippen LogP contribution is -2.01. The van der Waals surface area contributed by atoms with Gasteiger partial charge in [0, 0.05) is 5.39 Å². The van der Waals surface area contributed by atoms with E-state index < -0.39 is 21.8 Å². The Bertz CT molecular complexity index is 747. The van der Waals surface area contributed by atoms with E-state index in [-0.39, 0.29) is 15.8 Å². The normalized spacial score (nSPS) is 11.6. The standard InChI is InChI=1S/C11H8O6S/c12-9-5-7-6(4-8(9)11(13)14)2-1-3-10(7)18(15,16)17/h1-5,12H,(H,13,14)(H,15,16,17). The summed E-state index contributed by atoms with van der Waals surface area (Å²) in [7, 11) is -4.44. The Balaban J connectivity index is 2.89. The van der Waals surface area contributed by atoms with Crippen molar-refractivity contribution in [1.82, 2.24) is 0 Å². The fraction of sp³-hybridized carbons (Fsp3) is 0. The molecule has 0 aromatic heterocycles. The Hall–Kier alpha value is -2.12. The summed E-state index contributed by atoms with van der Waals surface area (Å²) in [5.41, 5.74) is -0.338. The molecule has 0 spiro atoms. The van der Waals surface area contributed by atoms with Gasteiger partial charge in [-0.1, -0.05) is 12.1 Å². The molecule has 0 radical (unpaired) electrons. The molecule has 0 saturated heterocycles. The van der Waals surface area contributed by atoms with Crippen LogP contribution >= 0.6 is 0 Å². The van der Waals surface area contributed by atoms with Gasteiger partial charge in [0.05, 0.1) is 0 Å². The maximum absolute atomic E-state index is 11.1. The number of hydrogen-bond acceptors (Lipinski definition) is 4. The van der Waals surface area contributed by atoms with Crippen molar-refractivity contribution in [1.29, 1.82) is 0 Å². The first kappa shape index (κ1) is 12.3. The maximum atomic E-state index is 11.1. The van der Waals surface area contributed by atoms with E-state index in [1.54, 1.807) is 0 Å². The zero-order chi connectivity index (χ0) is 13.5. The van der Waals surface area contributed by atoms with Crippen LogP contribution in [0.4, 0.5) is 0 Å². The highest BCUT2D eigenvalue weighted by Gasteiger charge is 2.17. The van der Waals surface area contributed by atoms with E-state index in [2.05, 4.69) is 0 Å². The van der Waals surface area contributed by atoms with Gasteiger partial charge in [-0.3, -0.25) is 4.55 Å². The lowest BCUT2D eigenvalue weighted by atomic mass is 10.1. The number of carbonyl (C=O) groups is 1. The quantitative estimate of drug-likeness (QED) is 0.711.